The molecule has 0 spiro atoms. The van der Waals surface area contributed by atoms with Crippen molar-refractivity contribution in [3.8, 4) is 5.75 Å². The molecule has 1 aromatic carbocycles. The minimum absolute atomic E-state index is 0.0593. The van der Waals surface area contributed by atoms with Gasteiger partial charge in [-0.1, -0.05) is 58.3 Å². The number of hydrogen-bond acceptors (Lipinski definition) is 4. The monoisotopic (exact) mass is 389 g/mol. The van der Waals surface area contributed by atoms with Crippen LogP contribution in [0.2, 0.25) is 0 Å². The first-order valence-electron chi connectivity index (χ1n) is 10.4. The van der Waals surface area contributed by atoms with Gasteiger partial charge in [0.2, 0.25) is 5.91 Å². The van der Waals surface area contributed by atoms with Crippen LogP contribution < -0.4 is 15.5 Å². The number of rotatable bonds is 15. The summed E-state index contributed by atoms with van der Waals surface area (Å²) in [6.07, 6.45) is 13.0. The van der Waals surface area contributed by atoms with Crippen LogP contribution in [0.4, 0.5) is 0 Å². The number of nitrogens with zero attached hydrogens (tertiary/aromatic N) is 1. The second-order valence-electron chi connectivity index (χ2n) is 6.92. The molecule has 0 saturated heterocycles. The van der Waals surface area contributed by atoms with Gasteiger partial charge in [0.1, 0.15) is 5.75 Å². The van der Waals surface area contributed by atoms with Gasteiger partial charge in [-0.25, -0.2) is 5.43 Å². The summed E-state index contributed by atoms with van der Waals surface area (Å²) in [7, 11) is 1.60. The second-order valence-corrected chi connectivity index (χ2v) is 6.92. The molecule has 1 aromatic rings. The molecule has 0 bridgehead atoms. The SMILES string of the molecule is CCCCCCCCCCCC(=O)NCC(=O)N/N=C\c1ccc(OC)cc1. The van der Waals surface area contributed by atoms with Crippen LogP contribution in [0, 0.1) is 0 Å². The van der Waals surface area contributed by atoms with Crippen LogP contribution in [0.5, 0.6) is 5.75 Å². The van der Waals surface area contributed by atoms with Crippen LogP contribution in [0.15, 0.2) is 29.4 Å². The number of amides is 2. The highest BCUT2D eigenvalue weighted by atomic mass is 16.5. The van der Waals surface area contributed by atoms with E-state index in [1.807, 2.05) is 24.3 Å². The van der Waals surface area contributed by atoms with Crippen molar-refractivity contribution < 1.29 is 14.3 Å². The molecular formula is C22H35N3O3. The van der Waals surface area contributed by atoms with Crippen molar-refractivity contribution in [2.24, 2.45) is 5.10 Å². The Morgan fingerprint density at radius 2 is 1.54 bits per heavy atom. The van der Waals surface area contributed by atoms with Crippen LogP contribution in [-0.2, 0) is 9.59 Å². The van der Waals surface area contributed by atoms with Gasteiger partial charge in [0.15, 0.2) is 0 Å². The molecule has 0 saturated carbocycles. The lowest BCUT2D eigenvalue weighted by atomic mass is 10.1. The zero-order chi connectivity index (χ0) is 20.5. The quantitative estimate of drug-likeness (QED) is 0.268. The highest BCUT2D eigenvalue weighted by Gasteiger charge is 2.04. The van der Waals surface area contributed by atoms with E-state index in [-0.39, 0.29) is 18.4 Å². The summed E-state index contributed by atoms with van der Waals surface area (Å²) in [4.78, 5) is 23.5. The molecule has 0 aliphatic carbocycles. The van der Waals surface area contributed by atoms with E-state index in [1.54, 1.807) is 13.3 Å². The first kappa shape index (κ1) is 23.7. The van der Waals surface area contributed by atoms with Crippen LogP contribution in [0.3, 0.4) is 0 Å². The Morgan fingerprint density at radius 1 is 0.929 bits per heavy atom. The smallest absolute Gasteiger partial charge is 0.259 e. The van der Waals surface area contributed by atoms with Gasteiger partial charge >= 0.3 is 0 Å². The zero-order valence-corrected chi connectivity index (χ0v) is 17.3. The maximum absolute atomic E-state index is 11.8. The molecule has 0 unspecified atom stereocenters. The first-order valence-corrected chi connectivity index (χ1v) is 10.4. The van der Waals surface area contributed by atoms with Crippen molar-refractivity contribution in [3.63, 3.8) is 0 Å². The summed E-state index contributed by atoms with van der Waals surface area (Å²) in [5, 5.41) is 6.51. The maximum atomic E-state index is 11.8. The molecule has 0 radical (unpaired) electrons. The summed E-state index contributed by atoms with van der Waals surface area (Å²) >= 11 is 0. The molecule has 6 heteroatoms. The number of hydrogen-bond donors (Lipinski definition) is 2. The van der Waals surface area contributed by atoms with Gasteiger partial charge in [-0.05, 0) is 36.2 Å². The Morgan fingerprint density at radius 3 is 2.14 bits per heavy atom. The topological polar surface area (TPSA) is 79.8 Å². The van der Waals surface area contributed by atoms with E-state index in [2.05, 4.69) is 22.8 Å². The van der Waals surface area contributed by atoms with Gasteiger partial charge in [-0.2, -0.15) is 5.10 Å². The summed E-state index contributed by atoms with van der Waals surface area (Å²) in [5.74, 6) is 0.332. The molecular weight excluding hydrogens is 354 g/mol. The predicted molar refractivity (Wildman–Crippen MR) is 114 cm³/mol. The van der Waals surface area contributed by atoms with E-state index >= 15 is 0 Å². The average molecular weight is 390 g/mol. The van der Waals surface area contributed by atoms with E-state index in [1.165, 1.54) is 44.9 Å². The lowest BCUT2D eigenvalue weighted by molar-refractivity contribution is -0.126. The number of benzene rings is 1. The predicted octanol–water partition coefficient (Wildman–Crippen LogP) is 4.18. The van der Waals surface area contributed by atoms with Crippen LogP contribution in [0.25, 0.3) is 0 Å². The van der Waals surface area contributed by atoms with Crippen molar-refractivity contribution in [2.75, 3.05) is 13.7 Å². The molecule has 0 heterocycles. The summed E-state index contributed by atoms with van der Waals surface area (Å²) in [6, 6.07) is 7.30. The van der Waals surface area contributed by atoms with Gasteiger partial charge in [0.05, 0.1) is 19.9 Å². The fraction of sp³-hybridized carbons (Fsp3) is 0.591. The Labute approximate surface area is 169 Å². The summed E-state index contributed by atoms with van der Waals surface area (Å²) in [6.45, 7) is 2.17. The molecule has 0 atom stereocenters. The van der Waals surface area contributed by atoms with Crippen LogP contribution >= 0.6 is 0 Å². The number of methoxy groups -OCH3 is 1. The van der Waals surface area contributed by atoms with Crippen LogP contribution in [0.1, 0.15) is 76.7 Å². The number of unbranched alkanes of at least 4 members (excludes halogenated alkanes) is 8. The van der Waals surface area contributed by atoms with Gasteiger partial charge in [-0.3, -0.25) is 9.59 Å². The van der Waals surface area contributed by atoms with Crippen LogP contribution in [-0.4, -0.2) is 31.7 Å². The third-order valence-electron chi connectivity index (χ3n) is 4.47. The normalized spacial score (nSPS) is 10.8. The van der Waals surface area contributed by atoms with Gasteiger partial charge in [-0.15, -0.1) is 0 Å². The molecule has 2 amide bonds. The minimum atomic E-state index is -0.342. The van der Waals surface area contributed by atoms with Crippen molar-refractivity contribution >= 4 is 18.0 Å². The van der Waals surface area contributed by atoms with E-state index in [0.29, 0.717) is 6.42 Å². The van der Waals surface area contributed by atoms with E-state index in [0.717, 1.165) is 24.2 Å². The molecule has 2 N–H and O–H groups in total. The summed E-state index contributed by atoms with van der Waals surface area (Å²) in [5.41, 5.74) is 3.25. The van der Waals surface area contributed by atoms with Crippen molar-refractivity contribution in [1.82, 2.24) is 10.7 Å². The molecule has 6 nitrogen and oxygen atoms in total. The minimum Gasteiger partial charge on any atom is -0.497 e. The third-order valence-corrected chi connectivity index (χ3v) is 4.47. The summed E-state index contributed by atoms with van der Waals surface area (Å²) < 4.78 is 5.08. The van der Waals surface area contributed by atoms with Gasteiger partial charge in [0, 0.05) is 6.42 Å². The van der Waals surface area contributed by atoms with Crippen molar-refractivity contribution in [3.05, 3.63) is 29.8 Å². The number of carbonyl (C=O) groups is 2. The van der Waals surface area contributed by atoms with E-state index < -0.39 is 0 Å². The fourth-order valence-electron chi connectivity index (χ4n) is 2.77. The Kier molecular flexibility index (Phi) is 13.2. The van der Waals surface area contributed by atoms with E-state index in [9.17, 15) is 9.59 Å². The number of carbonyl (C=O) groups excluding carboxylic acids is 2. The number of nitrogens with one attached hydrogen (secondary N) is 2. The van der Waals surface area contributed by atoms with Crippen molar-refractivity contribution in [2.45, 2.75) is 71.1 Å². The highest BCUT2D eigenvalue weighted by molar-refractivity contribution is 5.86. The zero-order valence-electron chi connectivity index (χ0n) is 17.3. The molecule has 0 aliphatic rings. The Bertz CT molecular complexity index is 585. The lowest BCUT2D eigenvalue weighted by Gasteiger charge is -2.05. The molecule has 156 valence electrons. The number of hydrazone groups is 1. The first-order chi connectivity index (χ1) is 13.7. The Hall–Kier alpha value is -2.37. The van der Waals surface area contributed by atoms with Gasteiger partial charge in [0.25, 0.3) is 5.91 Å². The largest absolute Gasteiger partial charge is 0.497 e. The number of ether oxygens (including phenoxy) is 1. The molecule has 0 fully saturated rings. The average Bonchev–Trinajstić information content (AvgIpc) is 2.71. The highest BCUT2D eigenvalue weighted by Crippen LogP contribution is 2.10. The van der Waals surface area contributed by atoms with Gasteiger partial charge < -0.3 is 10.1 Å². The fourth-order valence-corrected chi connectivity index (χ4v) is 2.77. The maximum Gasteiger partial charge on any atom is 0.259 e. The van der Waals surface area contributed by atoms with E-state index in [4.69, 9.17) is 4.74 Å². The molecule has 0 aromatic heterocycles. The van der Waals surface area contributed by atoms with Crippen molar-refractivity contribution in [1.29, 1.82) is 0 Å². The molecule has 1 rings (SSSR count). The molecule has 28 heavy (non-hydrogen) atoms. The third kappa shape index (κ3) is 12.1. The lowest BCUT2D eigenvalue weighted by Crippen LogP contribution is -2.34. The standard InChI is InChI=1S/C22H35N3O3/c1-3-4-5-6-7-8-9-10-11-12-21(26)23-18-22(27)25-24-17-19-13-15-20(28-2)16-14-19/h13-17H,3-12,18H2,1-2H3,(H,23,26)(H,25,27)/b24-17-. The Balaban J connectivity index is 2.03. The molecule has 0 aliphatic heterocycles. The second kappa shape index (κ2) is 15.7.